The number of carbonyl (C=O) groups excluding carboxylic acids is 3. The maximum atomic E-state index is 13.0. The molecule has 1 aliphatic heterocycles. The predicted octanol–water partition coefficient (Wildman–Crippen LogP) is 4.86. The summed E-state index contributed by atoms with van der Waals surface area (Å²) in [7, 11) is 0. The van der Waals surface area contributed by atoms with Crippen molar-refractivity contribution in [2.24, 2.45) is 0 Å². The number of carbonyl (C=O) groups is 3. The second kappa shape index (κ2) is 9.11. The van der Waals surface area contributed by atoms with Gasteiger partial charge in [-0.05, 0) is 62.2 Å². The van der Waals surface area contributed by atoms with Crippen molar-refractivity contribution in [2.75, 3.05) is 11.9 Å². The Labute approximate surface area is 197 Å². The smallest absolute Gasteiger partial charge is 0.325 e. The van der Waals surface area contributed by atoms with Crippen LogP contribution < -0.4 is 10.6 Å². The zero-order chi connectivity index (χ0) is 23.6. The van der Waals surface area contributed by atoms with Gasteiger partial charge in [0.05, 0.1) is 0 Å². The summed E-state index contributed by atoms with van der Waals surface area (Å²) in [6, 6.07) is 22.2. The summed E-state index contributed by atoms with van der Waals surface area (Å²) in [5.74, 6) is -0.889. The Morgan fingerprint density at radius 3 is 2.36 bits per heavy atom. The molecule has 0 bridgehead atoms. The molecule has 1 saturated heterocycles. The molecular formula is C26H25N3O3S. The number of benzene rings is 3. The fourth-order valence-electron chi connectivity index (χ4n) is 3.80. The van der Waals surface area contributed by atoms with E-state index in [1.807, 2.05) is 30.3 Å². The second-order valence-corrected chi connectivity index (χ2v) is 9.37. The maximum absolute atomic E-state index is 13.0. The highest BCUT2D eigenvalue weighted by Gasteiger charge is 2.49. The molecule has 0 aliphatic carbocycles. The van der Waals surface area contributed by atoms with Crippen molar-refractivity contribution in [1.29, 1.82) is 0 Å². The number of nitrogens with one attached hydrogen (secondary N) is 2. The van der Waals surface area contributed by atoms with Gasteiger partial charge in [-0.15, -0.1) is 0 Å². The molecule has 0 aromatic heterocycles. The monoisotopic (exact) mass is 459 g/mol. The number of urea groups is 1. The number of anilines is 1. The normalized spacial score (nSPS) is 17.7. The van der Waals surface area contributed by atoms with Crippen molar-refractivity contribution in [2.45, 2.75) is 36.1 Å². The third kappa shape index (κ3) is 4.78. The molecule has 0 unspecified atom stereocenters. The van der Waals surface area contributed by atoms with Crippen LogP contribution in [0.3, 0.4) is 0 Å². The van der Waals surface area contributed by atoms with E-state index in [-0.39, 0.29) is 6.54 Å². The van der Waals surface area contributed by atoms with Crippen molar-refractivity contribution in [3.05, 3.63) is 89.5 Å². The molecule has 1 aliphatic rings. The SMILES string of the molecule is Cc1ccc(Sc2ccc(NC(=O)CN3C(=O)N[C@@](C)(c4ccccc4)C3=O)cc2)c(C)c1. The minimum absolute atomic E-state index is 0.355. The van der Waals surface area contributed by atoms with Gasteiger partial charge in [0.25, 0.3) is 5.91 Å². The van der Waals surface area contributed by atoms with Crippen molar-refractivity contribution >= 4 is 35.3 Å². The van der Waals surface area contributed by atoms with Crippen molar-refractivity contribution in [3.63, 3.8) is 0 Å². The van der Waals surface area contributed by atoms with Gasteiger partial charge >= 0.3 is 6.03 Å². The number of nitrogens with zero attached hydrogens (tertiary/aromatic N) is 1. The van der Waals surface area contributed by atoms with E-state index in [0.717, 1.165) is 9.80 Å². The Hall–Kier alpha value is -3.58. The molecule has 7 heteroatoms. The highest BCUT2D eigenvalue weighted by atomic mass is 32.2. The molecule has 6 nitrogen and oxygen atoms in total. The van der Waals surface area contributed by atoms with Gasteiger partial charge < -0.3 is 10.6 Å². The number of rotatable bonds is 6. The van der Waals surface area contributed by atoms with Crippen molar-refractivity contribution < 1.29 is 14.4 Å². The van der Waals surface area contributed by atoms with Crippen LogP contribution in [0.15, 0.2) is 82.6 Å². The third-order valence-corrected chi connectivity index (χ3v) is 6.81. The fraction of sp³-hybridized carbons (Fsp3) is 0.192. The van der Waals surface area contributed by atoms with Crippen LogP contribution in [-0.4, -0.2) is 29.3 Å². The fourth-order valence-corrected chi connectivity index (χ4v) is 4.68. The predicted molar refractivity (Wildman–Crippen MR) is 129 cm³/mol. The first-order valence-corrected chi connectivity index (χ1v) is 11.4. The topological polar surface area (TPSA) is 78.5 Å². The lowest BCUT2D eigenvalue weighted by molar-refractivity contribution is -0.133. The molecule has 4 amide bonds. The van der Waals surface area contributed by atoms with Gasteiger partial charge in [0, 0.05) is 15.5 Å². The third-order valence-electron chi connectivity index (χ3n) is 5.62. The molecule has 33 heavy (non-hydrogen) atoms. The van der Waals surface area contributed by atoms with Crippen molar-refractivity contribution in [3.8, 4) is 0 Å². The summed E-state index contributed by atoms with van der Waals surface area (Å²) in [6.07, 6.45) is 0. The Morgan fingerprint density at radius 1 is 1.00 bits per heavy atom. The van der Waals surface area contributed by atoms with E-state index >= 15 is 0 Å². The number of hydrogen-bond donors (Lipinski definition) is 2. The lowest BCUT2D eigenvalue weighted by atomic mass is 9.92. The highest BCUT2D eigenvalue weighted by molar-refractivity contribution is 7.99. The average Bonchev–Trinajstić information content (AvgIpc) is 3.01. The van der Waals surface area contributed by atoms with Crippen LogP contribution >= 0.6 is 11.8 Å². The molecular weight excluding hydrogens is 434 g/mol. The summed E-state index contributed by atoms with van der Waals surface area (Å²) in [5, 5.41) is 5.47. The first kappa shape index (κ1) is 22.6. The van der Waals surface area contributed by atoms with Gasteiger partial charge in [0.2, 0.25) is 5.91 Å². The summed E-state index contributed by atoms with van der Waals surface area (Å²) < 4.78 is 0. The molecule has 4 rings (SSSR count). The van der Waals surface area contributed by atoms with Gasteiger partial charge in [-0.3, -0.25) is 14.5 Å². The Kier molecular flexibility index (Phi) is 6.24. The van der Waals surface area contributed by atoms with Crippen molar-refractivity contribution in [1.82, 2.24) is 10.2 Å². The molecule has 1 heterocycles. The highest BCUT2D eigenvalue weighted by Crippen LogP contribution is 2.32. The first-order valence-electron chi connectivity index (χ1n) is 10.6. The molecule has 0 saturated carbocycles. The van der Waals surface area contributed by atoms with Crippen LogP contribution in [0, 0.1) is 13.8 Å². The van der Waals surface area contributed by atoms with E-state index in [2.05, 4.69) is 42.7 Å². The lowest BCUT2D eigenvalue weighted by Crippen LogP contribution is -2.42. The van der Waals surface area contributed by atoms with Crippen LogP contribution in [0.5, 0.6) is 0 Å². The van der Waals surface area contributed by atoms with Crippen LogP contribution in [0.1, 0.15) is 23.6 Å². The van der Waals surface area contributed by atoms with Crippen LogP contribution in [0.25, 0.3) is 0 Å². The zero-order valence-electron chi connectivity index (χ0n) is 18.7. The number of imide groups is 1. The van der Waals surface area contributed by atoms with E-state index in [9.17, 15) is 14.4 Å². The Bertz CT molecular complexity index is 1210. The molecule has 3 aromatic rings. The molecule has 168 valence electrons. The molecule has 1 fully saturated rings. The number of aryl methyl sites for hydroxylation is 2. The summed E-state index contributed by atoms with van der Waals surface area (Å²) in [6.45, 7) is 5.45. The van der Waals surface area contributed by atoms with Gasteiger partial charge in [0.1, 0.15) is 12.1 Å². The van der Waals surface area contributed by atoms with Crippen LogP contribution in [-0.2, 0) is 15.1 Å². The Balaban J connectivity index is 1.39. The molecule has 0 radical (unpaired) electrons. The number of amides is 4. The largest absolute Gasteiger partial charge is 0.325 e. The molecule has 2 N–H and O–H groups in total. The van der Waals surface area contributed by atoms with E-state index in [4.69, 9.17) is 0 Å². The zero-order valence-corrected chi connectivity index (χ0v) is 19.5. The van der Waals surface area contributed by atoms with Crippen LogP contribution in [0.4, 0.5) is 10.5 Å². The molecule has 1 atom stereocenters. The van der Waals surface area contributed by atoms with Gasteiger partial charge in [0.15, 0.2) is 0 Å². The van der Waals surface area contributed by atoms with E-state index < -0.39 is 23.4 Å². The number of hydrogen-bond acceptors (Lipinski definition) is 4. The van der Waals surface area contributed by atoms with E-state index in [1.165, 1.54) is 16.0 Å². The Morgan fingerprint density at radius 2 is 1.70 bits per heavy atom. The van der Waals surface area contributed by atoms with E-state index in [1.54, 1.807) is 43.0 Å². The lowest BCUT2D eigenvalue weighted by Gasteiger charge is -2.22. The minimum atomic E-state index is -1.19. The summed E-state index contributed by atoms with van der Waals surface area (Å²) >= 11 is 1.66. The molecule has 0 spiro atoms. The van der Waals surface area contributed by atoms with Crippen LogP contribution in [0.2, 0.25) is 0 Å². The minimum Gasteiger partial charge on any atom is -0.325 e. The molecule has 3 aromatic carbocycles. The average molecular weight is 460 g/mol. The maximum Gasteiger partial charge on any atom is 0.325 e. The summed E-state index contributed by atoms with van der Waals surface area (Å²) in [4.78, 5) is 41.1. The van der Waals surface area contributed by atoms with Gasteiger partial charge in [-0.2, -0.15) is 0 Å². The first-order chi connectivity index (χ1) is 15.8. The van der Waals surface area contributed by atoms with Gasteiger partial charge in [-0.25, -0.2) is 4.79 Å². The van der Waals surface area contributed by atoms with Gasteiger partial charge in [-0.1, -0.05) is 59.8 Å². The quantitative estimate of drug-likeness (QED) is 0.516. The summed E-state index contributed by atoms with van der Waals surface area (Å²) in [5.41, 5.74) is 2.52. The van der Waals surface area contributed by atoms with E-state index in [0.29, 0.717) is 11.3 Å². The standard InChI is InChI=1S/C26H25N3O3S/c1-17-9-14-22(18(2)15-17)33-21-12-10-20(11-13-21)27-23(30)16-29-24(31)26(3,28-25(29)32)19-7-5-4-6-8-19/h4-15H,16H2,1-3H3,(H,27,30)(H,28,32)/t26-/m0/s1. The second-order valence-electron chi connectivity index (χ2n) is 8.26.